The SMILES string of the molecule is CCCCNSc1ccccc1. The summed E-state index contributed by atoms with van der Waals surface area (Å²) in [5, 5.41) is 0. The van der Waals surface area contributed by atoms with Gasteiger partial charge in [0.1, 0.15) is 0 Å². The largest absolute Gasteiger partial charge is 0.260 e. The van der Waals surface area contributed by atoms with Crippen molar-refractivity contribution in [1.29, 1.82) is 0 Å². The fourth-order valence-corrected chi connectivity index (χ4v) is 1.58. The van der Waals surface area contributed by atoms with Crippen molar-refractivity contribution in [3.8, 4) is 0 Å². The molecule has 0 atom stereocenters. The van der Waals surface area contributed by atoms with Crippen LogP contribution in [0.25, 0.3) is 0 Å². The van der Waals surface area contributed by atoms with Crippen molar-refractivity contribution in [2.75, 3.05) is 6.54 Å². The van der Waals surface area contributed by atoms with E-state index in [0.29, 0.717) is 0 Å². The first-order valence-electron chi connectivity index (χ1n) is 4.38. The van der Waals surface area contributed by atoms with Crippen LogP contribution in [0.2, 0.25) is 0 Å². The van der Waals surface area contributed by atoms with E-state index < -0.39 is 0 Å². The lowest BCUT2D eigenvalue weighted by atomic mass is 10.3. The first kappa shape index (κ1) is 9.62. The molecule has 0 saturated carbocycles. The van der Waals surface area contributed by atoms with Gasteiger partial charge in [0, 0.05) is 11.4 Å². The number of hydrogen-bond donors (Lipinski definition) is 1. The highest BCUT2D eigenvalue weighted by Gasteiger charge is 1.89. The first-order valence-corrected chi connectivity index (χ1v) is 5.20. The van der Waals surface area contributed by atoms with E-state index >= 15 is 0 Å². The Balaban J connectivity index is 2.16. The number of hydrogen-bond acceptors (Lipinski definition) is 2. The van der Waals surface area contributed by atoms with Crippen LogP contribution in [0, 0.1) is 0 Å². The second-order valence-electron chi connectivity index (χ2n) is 2.66. The van der Waals surface area contributed by atoms with Gasteiger partial charge in [-0.2, -0.15) is 0 Å². The molecule has 0 aliphatic heterocycles. The van der Waals surface area contributed by atoms with Gasteiger partial charge >= 0.3 is 0 Å². The van der Waals surface area contributed by atoms with Crippen molar-refractivity contribution in [2.24, 2.45) is 0 Å². The summed E-state index contributed by atoms with van der Waals surface area (Å²) in [7, 11) is 0. The van der Waals surface area contributed by atoms with Crippen molar-refractivity contribution in [3.05, 3.63) is 30.3 Å². The van der Waals surface area contributed by atoms with Crippen LogP contribution < -0.4 is 4.72 Å². The molecule has 0 spiro atoms. The van der Waals surface area contributed by atoms with Crippen LogP contribution >= 0.6 is 11.9 Å². The summed E-state index contributed by atoms with van der Waals surface area (Å²) in [6.07, 6.45) is 2.50. The van der Waals surface area contributed by atoms with Crippen molar-refractivity contribution in [3.63, 3.8) is 0 Å². The lowest BCUT2D eigenvalue weighted by molar-refractivity contribution is 0.776. The second kappa shape index (κ2) is 6.09. The molecule has 66 valence electrons. The molecule has 0 amide bonds. The van der Waals surface area contributed by atoms with E-state index in [1.807, 2.05) is 6.07 Å². The molecule has 0 aliphatic carbocycles. The van der Waals surface area contributed by atoms with Crippen LogP contribution in [0.15, 0.2) is 35.2 Å². The highest BCUT2D eigenvalue weighted by atomic mass is 32.2. The Kier molecular flexibility index (Phi) is 4.88. The molecule has 0 bridgehead atoms. The Morgan fingerprint density at radius 3 is 2.67 bits per heavy atom. The lowest BCUT2D eigenvalue weighted by Gasteiger charge is -2.01. The van der Waals surface area contributed by atoms with E-state index in [2.05, 4.69) is 35.9 Å². The van der Waals surface area contributed by atoms with Gasteiger partial charge < -0.3 is 0 Å². The summed E-state index contributed by atoms with van der Waals surface area (Å²) in [5.74, 6) is 0. The fourth-order valence-electron chi connectivity index (χ4n) is 0.872. The molecular formula is C10H15NS. The lowest BCUT2D eigenvalue weighted by Crippen LogP contribution is -2.04. The van der Waals surface area contributed by atoms with Gasteiger partial charge in [-0.3, -0.25) is 4.72 Å². The van der Waals surface area contributed by atoms with Crippen LogP contribution in [0.5, 0.6) is 0 Å². The molecule has 1 aromatic carbocycles. The maximum atomic E-state index is 3.32. The third-order valence-corrected chi connectivity index (χ3v) is 2.42. The molecule has 0 fully saturated rings. The molecule has 1 rings (SSSR count). The van der Waals surface area contributed by atoms with Gasteiger partial charge in [0.15, 0.2) is 0 Å². The molecule has 1 N–H and O–H groups in total. The quantitative estimate of drug-likeness (QED) is 0.553. The summed E-state index contributed by atoms with van der Waals surface area (Å²) < 4.78 is 3.32. The molecule has 1 aromatic rings. The van der Waals surface area contributed by atoms with Crippen LogP contribution in [-0.2, 0) is 0 Å². The van der Waals surface area contributed by atoms with Crippen LogP contribution in [0.3, 0.4) is 0 Å². The van der Waals surface area contributed by atoms with Crippen LogP contribution in [-0.4, -0.2) is 6.54 Å². The Hall–Kier alpha value is -0.470. The molecule has 0 heterocycles. The Bertz CT molecular complexity index is 198. The predicted molar refractivity (Wildman–Crippen MR) is 55.2 cm³/mol. The third-order valence-electron chi connectivity index (χ3n) is 1.57. The van der Waals surface area contributed by atoms with Crippen LogP contribution in [0.4, 0.5) is 0 Å². The maximum Gasteiger partial charge on any atom is 0.0228 e. The minimum atomic E-state index is 1.09. The van der Waals surface area contributed by atoms with Crippen molar-refractivity contribution < 1.29 is 0 Å². The molecule has 0 aliphatic rings. The van der Waals surface area contributed by atoms with E-state index in [1.165, 1.54) is 17.7 Å². The average Bonchev–Trinajstić information content (AvgIpc) is 2.14. The highest BCUT2D eigenvalue weighted by Crippen LogP contribution is 2.12. The highest BCUT2D eigenvalue weighted by molar-refractivity contribution is 7.97. The van der Waals surface area contributed by atoms with Crippen molar-refractivity contribution in [2.45, 2.75) is 24.7 Å². The topological polar surface area (TPSA) is 12.0 Å². The average molecular weight is 181 g/mol. The zero-order valence-electron chi connectivity index (χ0n) is 7.42. The summed E-state index contributed by atoms with van der Waals surface area (Å²) in [6, 6.07) is 10.4. The molecule has 2 heteroatoms. The molecule has 0 aromatic heterocycles. The van der Waals surface area contributed by atoms with Crippen molar-refractivity contribution >= 4 is 11.9 Å². The Morgan fingerprint density at radius 1 is 1.25 bits per heavy atom. The summed E-state index contributed by atoms with van der Waals surface area (Å²) in [6.45, 7) is 3.30. The zero-order chi connectivity index (χ0) is 8.65. The normalized spacial score (nSPS) is 10.1. The van der Waals surface area contributed by atoms with E-state index in [1.54, 1.807) is 11.9 Å². The summed E-state index contributed by atoms with van der Waals surface area (Å²) in [5.41, 5.74) is 0. The third kappa shape index (κ3) is 3.79. The monoisotopic (exact) mass is 181 g/mol. The molecular weight excluding hydrogens is 166 g/mol. The summed E-state index contributed by atoms with van der Waals surface area (Å²) in [4.78, 5) is 1.29. The molecule has 1 nitrogen and oxygen atoms in total. The standard InChI is InChI=1S/C10H15NS/c1-2-3-9-11-12-10-7-5-4-6-8-10/h4-8,11H,2-3,9H2,1H3. The molecule has 0 radical (unpaired) electrons. The number of rotatable bonds is 5. The number of nitrogens with one attached hydrogen (secondary N) is 1. The second-order valence-corrected chi connectivity index (χ2v) is 3.63. The van der Waals surface area contributed by atoms with Crippen molar-refractivity contribution in [1.82, 2.24) is 4.72 Å². The number of benzene rings is 1. The van der Waals surface area contributed by atoms with Crippen LogP contribution in [0.1, 0.15) is 19.8 Å². The van der Waals surface area contributed by atoms with Gasteiger partial charge in [-0.1, -0.05) is 31.5 Å². The van der Waals surface area contributed by atoms with Gasteiger partial charge in [-0.15, -0.1) is 0 Å². The molecule has 0 saturated heterocycles. The minimum absolute atomic E-state index is 1.09. The van der Waals surface area contributed by atoms with Gasteiger partial charge in [0.05, 0.1) is 0 Å². The maximum absolute atomic E-state index is 3.32. The minimum Gasteiger partial charge on any atom is -0.260 e. The van der Waals surface area contributed by atoms with Gasteiger partial charge in [0.25, 0.3) is 0 Å². The Morgan fingerprint density at radius 2 is 2.00 bits per heavy atom. The summed E-state index contributed by atoms with van der Waals surface area (Å²) >= 11 is 1.71. The first-order chi connectivity index (χ1) is 5.93. The van der Waals surface area contributed by atoms with E-state index in [4.69, 9.17) is 0 Å². The fraction of sp³-hybridized carbons (Fsp3) is 0.400. The van der Waals surface area contributed by atoms with Gasteiger partial charge in [-0.25, -0.2) is 0 Å². The van der Waals surface area contributed by atoms with E-state index in [-0.39, 0.29) is 0 Å². The predicted octanol–water partition coefficient (Wildman–Crippen LogP) is 3.08. The molecule has 0 unspecified atom stereocenters. The smallest absolute Gasteiger partial charge is 0.0228 e. The molecule has 12 heavy (non-hydrogen) atoms. The Labute approximate surface area is 78.7 Å². The zero-order valence-corrected chi connectivity index (χ0v) is 8.23. The van der Waals surface area contributed by atoms with Gasteiger partial charge in [-0.05, 0) is 30.5 Å². The van der Waals surface area contributed by atoms with E-state index in [9.17, 15) is 0 Å². The van der Waals surface area contributed by atoms with Gasteiger partial charge in [0.2, 0.25) is 0 Å². The van der Waals surface area contributed by atoms with E-state index in [0.717, 1.165) is 6.54 Å². The number of unbranched alkanes of at least 4 members (excludes halogenated alkanes) is 1.